The van der Waals surface area contributed by atoms with Crippen LogP contribution in [0.15, 0.2) is 47.5 Å². The quantitative estimate of drug-likeness (QED) is 0.946. The predicted octanol–water partition coefficient (Wildman–Crippen LogP) is 2.41. The SMILES string of the molecule is CC1(Cc2ccccc2S(C)(=O)=O)CNc2ncccc21. The fourth-order valence-corrected chi connectivity index (χ4v) is 3.94. The van der Waals surface area contributed by atoms with Crippen molar-refractivity contribution >= 4 is 15.7 Å². The second-order valence-corrected chi connectivity index (χ2v) is 7.85. The van der Waals surface area contributed by atoms with Gasteiger partial charge in [0.2, 0.25) is 0 Å². The highest BCUT2D eigenvalue weighted by atomic mass is 32.2. The molecule has 1 aromatic carbocycles. The highest BCUT2D eigenvalue weighted by Gasteiger charge is 2.36. The maximum atomic E-state index is 11.9. The second kappa shape index (κ2) is 4.84. The van der Waals surface area contributed by atoms with Crippen LogP contribution in [0.3, 0.4) is 0 Å². The van der Waals surface area contributed by atoms with Gasteiger partial charge in [0, 0.05) is 30.0 Å². The number of benzene rings is 1. The van der Waals surface area contributed by atoms with Crippen molar-refractivity contribution in [3.05, 3.63) is 53.7 Å². The minimum atomic E-state index is -3.22. The van der Waals surface area contributed by atoms with Gasteiger partial charge < -0.3 is 5.32 Å². The van der Waals surface area contributed by atoms with Gasteiger partial charge in [0.05, 0.1) is 4.90 Å². The topological polar surface area (TPSA) is 59.1 Å². The highest BCUT2D eigenvalue weighted by molar-refractivity contribution is 7.90. The van der Waals surface area contributed by atoms with Crippen molar-refractivity contribution in [2.75, 3.05) is 18.1 Å². The Kier molecular flexibility index (Phi) is 3.24. The van der Waals surface area contributed by atoms with Gasteiger partial charge in [-0.2, -0.15) is 0 Å². The van der Waals surface area contributed by atoms with Crippen molar-refractivity contribution in [3.63, 3.8) is 0 Å². The third-order valence-electron chi connectivity index (χ3n) is 4.06. The van der Waals surface area contributed by atoms with E-state index in [9.17, 15) is 8.42 Å². The molecule has 0 spiro atoms. The monoisotopic (exact) mass is 302 g/mol. The third kappa shape index (κ3) is 2.53. The van der Waals surface area contributed by atoms with Crippen molar-refractivity contribution in [1.29, 1.82) is 0 Å². The van der Waals surface area contributed by atoms with Gasteiger partial charge in [-0.3, -0.25) is 0 Å². The first-order valence-corrected chi connectivity index (χ1v) is 8.77. The van der Waals surface area contributed by atoms with Crippen molar-refractivity contribution in [2.45, 2.75) is 23.7 Å². The van der Waals surface area contributed by atoms with E-state index in [1.807, 2.05) is 18.2 Å². The van der Waals surface area contributed by atoms with Crippen LogP contribution < -0.4 is 5.32 Å². The van der Waals surface area contributed by atoms with Gasteiger partial charge in [0.1, 0.15) is 5.82 Å². The zero-order chi connectivity index (χ0) is 15.1. The number of rotatable bonds is 3. The van der Waals surface area contributed by atoms with Crippen molar-refractivity contribution < 1.29 is 8.42 Å². The molecule has 0 amide bonds. The standard InChI is InChI=1S/C16H18N2O2S/c1-16(11-18-15-13(16)7-5-9-17-15)10-12-6-3-4-8-14(12)21(2,19)20/h3-9H,10-11H2,1-2H3,(H,17,18). The molecule has 4 nitrogen and oxygen atoms in total. The van der Waals surface area contributed by atoms with E-state index in [1.165, 1.54) is 6.26 Å². The first-order valence-electron chi connectivity index (χ1n) is 6.87. The minimum Gasteiger partial charge on any atom is -0.369 e. The molecule has 110 valence electrons. The number of sulfone groups is 1. The third-order valence-corrected chi connectivity index (χ3v) is 5.25. The van der Waals surface area contributed by atoms with Crippen LogP contribution in [0.5, 0.6) is 0 Å². The maximum absolute atomic E-state index is 11.9. The summed E-state index contributed by atoms with van der Waals surface area (Å²) in [6, 6.07) is 11.2. The normalized spacial score (nSPS) is 20.9. The molecule has 2 heterocycles. The number of hydrogen-bond acceptors (Lipinski definition) is 4. The van der Waals surface area contributed by atoms with Gasteiger partial charge in [-0.1, -0.05) is 31.2 Å². The molecule has 5 heteroatoms. The fourth-order valence-electron chi connectivity index (χ4n) is 3.00. The molecule has 0 aliphatic carbocycles. The maximum Gasteiger partial charge on any atom is 0.175 e. The van der Waals surface area contributed by atoms with E-state index in [0.29, 0.717) is 11.3 Å². The first-order chi connectivity index (χ1) is 9.90. The highest BCUT2D eigenvalue weighted by Crippen LogP contribution is 2.38. The average Bonchev–Trinajstić information content (AvgIpc) is 2.76. The lowest BCUT2D eigenvalue weighted by Crippen LogP contribution is -2.28. The molecule has 0 saturated carbocycles. The lowest BCUT2D eigenvalue weighted by molar-refractivity contribution is 0.514. The Labute approximate surface area is 125 Å². The van der Waals surface area contributed by atoms with Crippen LogP contribution in [0.2, 0.25) is 0 Å². The summed E-state index contributed by atoms with van der Waals surface area (Å²) in [6.07, 6.45) is 3.69. The van der Waals surface area contributed by atoms with Gasteiger partial charge in [-0.25, -0.2) is 13.4 Å². The number of hydrogen-bond donors (Lipinski definition) is 1. The summed E-state index contributed by atoms with van der Waals surface area (Å²) in [5.74, 6) is 0.900. The summed E-state index contributed by atoms with van der Waals surface area (Å²) >= 11 is 0. The molecule has 0 bridgehead atoms. The van der Waals surface area contributed by atoms with E-state index in [0.717, 1.165) is 23.5 Å². The molecule has 0 fully saturated rings. The molecule has 1 unspecified atom stereocenters. The number of anilines is 1. The van der Waals surface area contributed by atoms with E-state index in [2.05, 4.69) is 23.3 Å². The lowest BCUT2D eigenvalue weighted by atomic mass is 9.79. The van der Waals surface area contributed by atoms with Crippen molar-refractivity contribution in [3.8, 4) is 0 Å². The molecule has 0 saturated heterocycles. The van der Waals surface area contributed by atoms with E-state index in [1.54, 1.807) is 18.3 Å². The molecule has 1 N–H and O–H groups in total. The number of fused-ring (bicyclic) bond motifs is 1. The molecule has 3 rings (SSSR count). The van der Waals surface area contributed by atoms with Crippen LogP contribution >= 0.6 is 0 Å². The summed E-state index contributed by atoms with van der Waals surface area (Å²) < 4.78 is 23.9. The van der Waals surface area contributed by atoms with E-state index < -0.39 is 9.84 Å². The molecule has 1 aliphatic rings. The molecule has 1 atom stereocenters. The Morgan fingerprint density at radius 2 is 2.00 bits per heavy atom. The van der Waals surface area contributed by atoms with Gasteiger partial charge in [-0.15, -0.1) is 0 Å². The number of nitrogens with zero attached hydrogens (tertiary/aromatic N) is 1. The Hall–Kier alpha value is -1.88. The fraction of sp³-hybridized carbons (Fsp3) is 0.312. The minimum absolute atomic E-state index is 0.148. The molecule has 21 heavy (non-hydrogen) atoms. The van der Waals surface area contributed by atoms with Crippen LogP contribution in [-0.2, 0) is 21.7 Å². The van der Waals surface area contributed by atoms with Crippen LogP contribution in [0.1, 0.15) is 18.1 Å². The smallest absolute Gasteiger partial charge is 0.175 e. The summed E-state index contributed by atoms with van der Waals surface area (Å²) in [6.45, 7) is 2.91. The zero-order valence-corrected chi connectivity index (χ0v) is 12.9. The van der Waals surface area contributed by atoms with Gasteiger partial charge in [0.15, 0.2) is 9.84 Å². The lowest BCUT2D eigenvalue weighted by Gasteiger charge is -2.25. The molecule has 1 aliphatic heterocycles. The molecular formula is C16H18N2O2S. The molecule has 0 radical (unpaired) electrons. The second-order valence-electron chi connectivity index (χ2n) is 5.87. The average molecular weight is 302 g/mol. The van der Waals surface area contributed by atoms with Gasteiger partial charge >= 0.3 is 0 Å². The van der Waals surface area contributed by atoms with Crippen LogP contribution in [0, 0.1) is 0 Å². The predicted molar refractivity (Wildman–Crippen MR) is 83.3 cm³/mol. The largest absolute Gasteiger partial charge is 0.369 e. The zero-order valence-electron chi connectivity index (χ0n) is 12.1. The Bertz CT molecular complexity index is 786. The molecule has 2 aromatic rings. The van der Waals surface area contributed by atoms with Crippen LogP contribution in [0.25, 0.3) is 0 Å². The number of pyridine rings is 1. The Balaban J connectivity index is 2.03. The van der Waals surface area contributed by atoms with E-state index in [4.69, 9.17) is 0 Å². The molecular weight excluding hydrogens is 284 g/mol. The van der Waals surface area contributed by atoms with Gasteiger partial charge in [-0.05, 0) is 24.1 Å². The summed E-state index contributed by atoms with van der Waals surface area (Å²) in [5, 5.41) is 3.31. The summed E-state index contributed by atoms with van der Waals surface area (Å²) in [7, 11) is -3.22. The Morgan fingerprint density at radius 3 is 2.76 bits per heavy atom. The van der Waals surface area contributed by atoms with Crippen molar-refractivity contribution in [1.82, 2.24) is 4.98 Å². The van der Waals surface area contributed by atoms with Crippen LogP contribution in [-0.4, -0.2) is 26.2 Å². The van der Waals surface area contributed by atoms with E-state index >= 15 is 0 Å². The number of nitrogens with one attached hydrogen (secondary N) is 1. The van der Waals surface area contributed by atoms with E-state index in [-0.39, 0.29) is 5.41 Å². The van der Waals surface area contributed by atoms with Crippen LogP contribution in [0.4, 0.5) is 5.82 Å². The van der Waals surface area contributed by atoms with Gasteiger partial charge in [0.25, 0.3) is 0 Å². The Morgan fingerprint density at radius 1 is 1.24 bits per heavy atom. The summed E-state index contributed by atoms with van der Waals surface area (Å²) in [4.78, 5) is 4.76. The molecule has 1 aromatic heterocycles. The first kappa shape index (κ1) is 14.1. The van der Waals surface area contributed by atoms with Crippen molar-refractivity contribution in [2.24, 2.45) is 0 Å². The summed E-state index contributed by atoms with van der Waals surface area (Å²) in [5.41, 5.74) is 1.86. The number of aromatic nitrogens is 1.